The summed E-state index contributed by atoms with van der Waals surface area (Å²) in [6, 6.07) is 6.75. The average molecular weight is 596 g/mol. The molecule has 1 saturated heterocycles. The molecule has 5 N–H and O–H groups in total. The van der Waals surface area contributed by atoms with E-state index >= 15 is 0 Å². The third kappa shape index (κ3) is 13.4. The molecule has 1 unspecified atom stereocenters. The van der Waals surface area contributed by atoms with Crippen LogP contribution < -0.4 is 5.32 Å². The van der Waals surface area contributed by atoms with Gasteiger partial charge in [0.15, 0.2) is 0 Å². The van der Waals surface area contributed by atoms with E-state index in [9.17, 15) is 39.6 Å². The molecule has 1 aromatic carbocycles. The molecular weight excluding hydrogens is 554 g/mol. The van der Waals surface area contributed by atoms with E-state index in [0.29, 0.717) is 12.8 Å². The molecule has 1 aliphatic heterocycles. The molecule has 1 heterocycles. The number of hydrogen-bond donors (Lipinski definition) is 5. The van der Waals surface area contributed by atoms with Crippen molar-refractivity contribution in [3.8, 4) is 0 Å². The number of carbonyl (C=O) groups is 4. The van der Waals surface area contributed by atoms with E-state index in [0.717, 1.165) is 22.7 Å². The Morgan fingerprint density at radius 3 is 1.54 bits per heavy atom. The van der Waals surface area contributed by atoms with Crippen LogP contribution in [0.15, 0.2) is 24.3 Å². The highest BCUT2D eigenvalue weighted by molar-refractivity contribution is 7.80. The average Bonchev–Trinajstić information content (AvgIpc) is 2.89. The molecule has 228 valence electrons. The first-order valence-corrected chi connectivity index (χ1v) is 14.1. The molecule has 0 radical (unpaired) electrons. The monoisotopic (exact) mass is 595 g/mol. The van der Waals surface area contributed by atoms with Crippen LogP contribution in [0, 0.1) is 0 Å². The van der Waals surface area contributed by atoms with E-state index in [4.69, 9.17) is 12.2 Å². The van der Waals surface area contributed by atoms with E-state index in [-0.39, 0.29) is 72.0 Å². The number of hydrogen-bond acceptors (Lipinski definition) is 9. The number of carboxylic acids is 4. The third-order valence-corrected chi connectivity index (χ3v) is 7.33. The van der Waals surface area contributed by atoms with Gasteiger partial charge in [0, 0.05) is 58.0 Å². The molecule has 1 aliphatic rings. The molecule has 2 rings (SSSR count). The lowest BCUT2D eigenvalue weighted by Crippen LogP contribution is -2.51. The largest absolute Gasteiger partial charge is 0.480 e. The van der Waals surface area contributed by atoms with E-state index in [1.54, 1.807) is 19.6 Å². The zero-order valence-corrected chi connectivity index (χ0v) is 24.2. The minimum atomic E-state index is -1.03. The molecule has 0 spiro atoms. The van der Waals surface area contributed by atoms with Crippen LogP contribution in [0.1, 0.15) is 25.3 Å². The fourth-order valence-corrected chi connectivity index (χ4v) is 4.80. The molecule has 0 saturated carbocycles. The van der Waals surface area contributed by atoms with Gasteiger partial charge in [0.1, 0.15) is 6.04 Å². The molecular formula is C27H41N5O8S. The van der Waals surface area contributed by atoms with Crippen molar-refractivity contribution in [2.75, 3.05) is 77.3 Å². The van der Waals surface area contributed by atoms with Crippen LogP contribution in [0.4, 0.5) is 5.69 Å². The number of nitrogens with zero attached hydrogens (tertiary/aromatic N) is 4. The molecule has 0 aromatic heterocycles. The molecule has 1 fully saturated rings. The van der Waals surface area contributed by atoms with Gasteiger partial charge in [0.2, 0.25) is 0 Å². The number of nitrogens with one attached hydrogen (secondary N) is 1. The van der Waals surface area contributed by atoms with Crippen LogP contribution in [0.25, 0.3) is 0 Å². The van der Waals surface area contributed by atoms with Crippen molar-refractivity contribution in [2.45, 2.75) is 32.2 Å². The van der Waals surface area contributed by atoms with Crippen LogP contribution in [-0.4, -0.2) is 147 Å². The highest BCUT2D eigenvalue weighted by Crippen LogP contribution is 2.15. The van der Waals surface area contributed by atoms with Gasteiger partial charge in [-0.1, -0.05) is 31.3 Å². The molecule has 0 amide bonds. The maximum Gasteiger partial charge on any atom is 0.320 e. The number of rotatable bonds is 13. The minimum absolute atomic E-state index is 0.251. The highest BCUT2D eigenvalue weighted by Gasteiger charge is 2.28. The topological polar surface area (TPSA) is 174 Å². The first-order chi connectivity index (χ1) is 19.5. The van der Waals surface area contributed by atoms with Gasteiger partial charge in [-0.2, -0.15) is 0 Å². The first-order valence-electron chi connectivity index (χ1n) is 13.6. The number of carboxylic acid groups (broad SMARTS) is 4. The van der Waals surface area contributed by atoms with Crippen molar-refractivity contribution in [3.05, 3.63) is 29.8 Å². The van der Waals surface area contributed by atoms with E-state index in [1.165, 1.54) is 0 Å². The van der Waals surface area contributed by atoms with Crippen LogP contribution in [0.5, 0.6) is 0 Å². The van der Waals surface area contributed by atoms with Gasteiger partial charge in [-0.25, -0.2) is 0 Å². The summed E-state index contributed by atoms with van der Waals surface area (Å²) in [4.78, 5) is 54.3. The number of benzene rings is 1. The van der Waals surface area contributed by atoms with E-state index in [1.807, 2.05) is 31.2 Å². The summed E-state index contributed by atoms with van der Waals surface area (Å²) in [5.41, 5.74) is 1.81. The van der Waals surface area contributed by atoms with Crippen LogP contribution in [0.3, 0.4) is 0 Å². The lowest BCUT2D eigenvalue weighted by Gasteiger charge is -2.35. The fourth-order valence-electron chi connectivity index (χ4n) is 4.68. The van der Waals surface area contributed by atoms with Crippen molar-refractivity contribution in [2.24, 2.45) is 0 Å². The number of thiocarbonyl (C=S) groups is 1. The minimum Gasteiger partial charge on any atom is -0.480 e. The van der Waals surface area contributed by atoms with Gasteiger partial charge in [-0.15, -0.1) is 0 Å². The Labute approximate surface area is 245 Å². The first kappa shape index (κ1) is 34.0. The fraction of sp³-hybridized carbons (Fsp3) is 0.593. The molecule has 1 aromatic rings. The van der Waals surface area contributed by atoms with Gasteiger partial charge in [0.05, 0.1) is 24.6 Å². The van der Waals surface area contributed by atoms with Gasteiger partial charge in [-0.3, -0.25) is 38.8 Å². The smallest absolute Gasteiger partial charge is 0.320 e. The summed E-state index contributed by atoms with van der Waals surface area (Å²) >= 11 is 5.22. The van der Waals surface area contributed by atoms with Crippen LogP contribution >= 0.6 is 12.2 Å². The number of aliphatic carboxylic acids is 4. The second kappa shape index (κ2) is 17.6. The highest BCUT2D eigenvalue weighted by atomic mass is 32.1. The molecule has 13 nitrogen and oxygen atoms in total. The SMILES string of the molecule is CCC(=S)Nc1ccc(CCC(C(=O)O)N2CCN(CC(=O)O)CCN(CC(=O)O)CCN(CC(=O)O)CC2)cc1. The lowest BCUT2D eigenvalue weighted by atomic mass is 10.0. The summed E-state index contributed by atoms with van der Waals surface area (Å²) in [6.07, 6.45) is 1.52. The summed E-state index contributed by atoms with van der Waals surface area (Å²) in [7, 11) is 0. The Hall–Kier alpha value is -3.17. The zero-order valence-electron chi connectivity index (χ0n) is 23.4. The normalized spacial score (nSPS) is 17.6. The third-order valence-electron chi connectivity index (χ3n) is 6.94. The van der Waals surface area contributed by atoms with Gasteiger partial charge in [0.25, 0.3) is 0 Å². The second-order valence-electron chi connectivity index (χ2n) is 10.0. The lowest BCUT2D eigenvalue weighted by molar-refractivity contribution is -0.145. The number of anilines is 1. The molecule has 0 aliphatic carbocycles. The van der Waals surface area contributed by atoms with Crippen molar-refractivity contribution >= 4 is 46.8 Å². The van der Waals surface area contributed by atoms with Gasteiger partial charge < -0.3 is 25.7 Å². The van der Waals surface area contributed by atoms with Crippen molar-refractivity contribution in [1.82, 2.24) is 19.6 Å². The Balaban J connectivity index is 2.21. The number of aryl methyl sites for hydroxylation is 1. The van der Waals surface area contributed by atoms with Crippen molar-refractivity contribution < 1.29 is 39.6 Å². The second-order valence-corrected chi connectivity index (χ2v) is 10.5. The maximum absolute atomic E-state index is 12.4. The molecule has 0 bridgehead atoms. The predicted octanol–water partition coefficient (Wildman–Crippen LogP) is 0.697. The standard InChI is InChI=1S/C27H41N5O8S/c1-2-23(41)28-21-6-3-20(4-7-21)5-8-22(27(39)40)32-15-13-30(18-25(35)36)11-9-29(17-24(33)34)10-12-31(14-16-32)19-26(37)38/h3-4,6-7,22H,2,5,8-19H2,1H3,(H,28,41)(H,33,34)(H,35,36)(H,37,38)(H,39,40). The quantitative estimate of drug-likeness (QED) is 0.202. The van der Waals surface area contributed by atoms with Crippen molar-refractivity contribution in [3.63, 3.8) is 0 Å². The Morgan fingerprint density at radius 1 is 0.756 bits per heavy atom. The summed E-state index contributed by atoms with van der Waals surface area (Å²) in [5, 5.41) is 41.4. The van der Waals surface area contributed by atoms with Gasteiger partial charge in [-0.05, 0) is 37.0 Å². The summed E-state index contributed by atoms with van der Waals surface area (Å²) < 4.78 is 0. The van der Waals surface area contributed by atoms with Gasteiger partial charge >= 0.3 is 23.9 Å². The molecule has 14 heteroatoms. The summed E-state index contributed by atoms with van der Waals surface area (Å²) in [6.45, 7) is 3.29. The molecule has 41 heavy (non-hydrogen) atoms. The summed E-state index contributed by atoms with van der Waals surface area (Å²) in [5.74, 6) is -4.11. The Morgan fingerprint density at radius 2 is 1.17 bits per heavy atom. The predicted molar refractivity (Wildman–Crippen MR) is 156 cm³/mol. The van der Waals surface area contributed by atoms with Crippen LogP contribution in [-0.2, 0) is 25.6 Å². The Kier molecular flexibility index (Phi) is 14.6. The van der Waals surface area contributed by atoms with Crippen LogP contribution in [0.2, 0.25) is 0 Å². The van der Waals surface area contributed by atoms with Crippen molar-refractivity contribution in [1.29, 1.82) is 0 Å². The Bertz CT molecular complexity index is 1010. The van der Waals surface area contributed by atoms with E-state index < -0.39 is 29.9 Å². The molecule has 1 atom stereocenters. The van der Waals surface area contributed by atoms with E-state index in [2.05, 4.69) is 5.32 Å². The maximum atomic E-state index is 12.4. The zero-order chi connectivity index (χ0) is 30.4.